The number of carboxylic acid groups (broad SMARTS) is 1. The van der Waals surface area contributed by atoms with Gasteiger partial charge in [0.15, 0.2) is 0 Å². The van der Waals surface area contributed by atoms with Crippen LogP contribution in [0.3, 0.4) is 0 Å². The summed E-state index contributed by atoms with van der Waals surface area (Å²) in [4.78, 5) is 10.7. The predicted molar refractivity (Wildman–Crippen MR) is 44.6 cm³/mol. The predicted octanol–water partition coefficient (Wildman–Crippen LogP) is 0.806. The summed E-state index contributed by atoms with van der Waals surface area (Å²) in [5, 5.41) is 11.9. The van der Waals surface area contributed by atoms with Gasteiger partial charge in [0.1, 0.15) is 6.04 Å². The number of hydrogen-bond donors (Lipinski definition) is 2. The van der Waals surface area contributed by atoms with Crippen LogP contribution in [0.15, 0.2) is 0 Å². The van der Waals surface area contributed by atoms with Crippen LogP contribution in [0.1, 0.15) is 25.7 Å². The van der Waals surface area contributed by atoms with Crippen LogP contribution in [0.4, 0.5) is 0 Å². The Balaban J connectivity index is 1.98. The van der Waals surface area contributed by atoms with E-state index in [9.17, 15) is 4.79 Å². The Kier molecular flexibility index (Phi) is 2.05. The van der Waals surface area contributed by atoms with E-state index in [1.165, 1.54) is 19.3 Å². The number of rotatable bonds is 1. The zero-order valence-corrected chi connectivity index (χ0v) is 6.99. The van der Waals surface area contributed by atoms with E-state index in [1.54, 1.807) is 0 Å². The molecule has 0 aromatic rings. The second-order valence-electron chi connectivity index (χ2n) is 3.73. The van der Waals surface area contributed by atoms with Gasteiger partial charge in [0.2, 0.25) is 0 Å². The van der Waals surface area contributed by atoms with Crippen LogP contribution in [-0.4, -0.2) is 23.2 Å². The molecule has 1 saturated heterocycles. The van der Waals surface area contributed by atoms with Crippen molar-refractivity contribution in [3.63, 3.8) is 0 Å². The molecule has 1 heterocycles. The summed E-state index contributed by atoms with van der Waals surface area (Å²) in [7, 11) is 0. The lowest BCUT2D eigenvalue weighted by molar-refractivity contribution is -0.138. The number of carbonyl (C=O) groups is 1. The van der Waals surface area contributed by atoms with Crippen LogP contribution in [0.25, 0.3) is 0 Å². The van der Waals surface area contributed by atoms with Crippen molar-refractivity contribution in [3.05, 3.63) is 6.42 Å². The lowest BCUT2D eigenvalue weighted by atomic mass is 9.85. The van der Waals surface area contributed by atoms with Crippen LogP contribution >= 0.6 is 0 Å². The highest BCUT2D eigenvalue weighted by Gasteiger charge is 2.38. The van der Waals surface area contributed by atoms with Crippen molar-refractivity contribution in [2.24, 2.45) is 5.92 Å². The molecule has 2 N–H and O–H groups in total. The van der Waals surface area contributed by atoms with Crippen molar-refractivity contribution in [2.45, 2.75) is 37.8 Å². The average Bonchev–Trinajstić information content (AvgIpc) is 2.46. The standard InChI is InChI=1S/C9H14NO2/c11-9(12)8-5-6-3-1-2-4-7(6)10-8/h5-8,10H,1-4H2,(H,11,12)/t6-,7+,8+/m1/s1. The number of carboxylic acids is 1. The molecule has 2 rings (SSSR count). The van der Waals surface area contributed by atoms with Gasteiger partial charge >= 0.3 is 5.97 Å². The van der Waals surface area contributed by atoms with E-state index in [-0.39, 0.29) is 0 Å². The molecule has 0 spiro atoms. The third kappa shape index (κ3) is 1.33. The Morgan fingerprint density at radius 2 is 2.17 bits per heavy atom. The maximum Gasteiger partial charge on any atom is 0.321 e. The lowest BCUT2D eigenvalue weighted by Gasteiger charge is -2.23. The minimum atomic E-state index is -0.732. The third-order valence-electron chi connectivity index (χ3n) is 2.92. The van der Waals surface area contributed by atoms with Crippen LogP contribution in [0.5, 0.6) is 0 Å². The van der Waals surface area contributed by atoms with Gasteiger partial charge in [-0.2, -0.15) is 0 Å². The molecule has 1 saturated carbocycles. The van der Waals surface area contributed by atoms with Crippen molar-refractivity contribution < 1.29 is 9.90 Å². The molecular weight excluding hydrogens is 154 g/mol. The minimum Gasteiger partial charge on any atom is -0.480 e. The normalized spacial score (nSPS) is 40.8. The zero-order chi connectivity index (χ0) is 8.55. The summed E-state index contributed by atoms with van der Waals surface area (Å²) in [6.45, 7) is 0. The summed E-state index contributed by atoms with van der Waals surface area (Å²) in [5.74, 6) is -0.218. The molecule has 0 amide bonds. The van der Waals surface area contributed by atoms with Gasteiger partial charge in [-0.05, 0) is 25.2 Å². The van der Waals surface area contributed by atoms with Crippen LogP contribution < -0.4 is 5.32 Å². The van der Waals surface area contributed by atoms with Gasteiger partial charge < -0.3 is 10.4 Å². The van der Waals surface area contributed by atoms with Crippen molar-refractivity contribution >= 4 is 5.97 Å². The molecule has 1 aliphatic carbocycles. The Morgan fingerprint density at radius 3 is 2.83 bits per heavy atom. The lowest BCUT2D eigenvalue weighted by Crippen LogP contribution is -2.36. The van der Waals surface area contributed by atoms with Crippen LogP contribution in [-0.2, 0) is 4.79 Å². The molecule has 12 heavy (non-hydrogen) atoms. The van der Waals surface area contributed by atoms with Crippen molar-refractivity contribution in [2.75, 3.05) is 0 Å². The van der Waals surface area contributed by atoms with Crippen LogP contribution in [0, 0.1) is 12.3 Å². The first kappa shape index (κ1) is 8.05. The van der Waals surface area contributed by atoms with Gasteiger partial charge in [0.25, 0.3) is 0 Å². The first-order valence-corrected chi connectivity index (χ1v) is 4.61. The first-order chi connectivity index (χ1) is 5.77. The van der Waals surface area contributed by atoms with Gasteiger partial charge in [-0.1, -0.05) is 12.8 Å². The summed E-state index contributed by atoms with van der Waals surface area (Å²) >= 11 is 0. The smallest absolute Gasteiger partial charge is 0.321 e. The monoisotopic (exact) mass is 168 g/mol. The first-order valence-electron chi connectivity index (χ1n) is 4.61. The van der Waals surface area contributed by atoms with E-state index in [0.29, 0.717) is 12.0 Å². The molecular formula is C9H14NO2. The molecule has 0 aromatic heterocycles. The fourth-order valence-corrected chi connectivity index (χ4v) is 2.28. The summed E-state index contributed by atoms with van der Waals surface area (Å²) in [5.41, 5.74) is 0. The number of hydrogen-bond acceptors (Lipinski definition) is 2. The molecule has 3 nitrogen and oxygen atoms in total. The van der Waals surface area contributed by atoms with E-state index in [1.807, 2.05) is 6.42 Å². The van der Waals surface area contributed by atoms with Gasteiger partial charge in [-0.15, -0.1) is 0 Å². The van der Waals surface area contributed by atoms with Gasteiger partial charge in [0, 0.05) is 6.04 Å². The average molecular weight is 168 g/mol. The maximum atomic E-state index is 10.7. The minimum absolute atomic E-state index is 0.391. The molecule has 0 bridgehead atoms. The molecule has 0 unspecified atom stereocenters. The molecule has 2 aliphatic rings. The van der Waals surface area contributed by atoms with Gasteiger partial charge in [0.05, 0.1) is 0 Å². The van der Waals surface area contributed by atoms with Crippen molar-refractivity contribution in [3.8, 4) is 0 Å². The third-order valence-corrected chi connectivity index (χ3v) is 2.92. The molecule has 2 fully saturated rings. The van der Waals surface area contributed by atoms with E-state index in [0.717, 1.165) is 6.42 Å². The van der Waals surface area contributed by atoms with E-state index in [2.05, 4.69) is 5.32 Å². The summed E-state index contributed by atoms with van der Waals surface area (Å²) < 4.78 is 0. The SMILES string of the molecule is O=C(O)[C@@H]1[CH][C@H]2CCCC[C@@H]2N1. The fourth-order valence-electron chi connectivity index (χ4n) is 2.28. The number of nitrogens with one attached hydrogen (secondary N) is 1. The van der Waals surface area contributed by atoms with Crippen LogP contribution in [0.2, 0.25) is 0 Å². The van der Waals surface area contributed by atoms with E-state index in [4.69, 9.17) is 5.11 Å². The quantitative estimate of drug-likeness (QED) is 0.609. The molecule has 3 atom stereocenters. The Labute approximate surface area is 72.2 Å². The van der Waals surface area contributed by atoms with Crippen molar-refractivity contribution in [1.29, 1.82) is 0 Å². The second-order valence-corrected chi connectivity index (χ2v) is 3.73. The number of fused-ring (bicyclic) bond motifs is 1. The van der Waals surface area contributed by atoms with E-state index < -0.39 is 12.0 Å². The number of aliphatic carboxylic acids is 1. The molecule has 1 radical (unpaired) electrons. The Bertz CT molecular complexity index is 179. The highest BCUT2D eigenvalue weighted by molar-refractivity contribution is 5.76. The Morgan fingerprint density at radius 1 is 1.42 bits per heavy atom. The molecule has 3 heteroatoms. The highest BCUT2D eigenvalue weighted by atomic mass is 16.4. The fraction of sp³-hybridized carbons (Fsp3) is 0.778. The summed E-state index contributed by atoms with van der Waals surface area (Å²) in [6, 6.07) is 0.0537. The zero-order valence-electron chi connectivity index (χ0n) is 6.99. The molecule has 1 aliphatic heterocycles. The van der Waals surface area contributed by atoms with Crippen molar-refractivity contribution in [1.82, 2.24) is 5.32 Å². The summed E-state index contributed by atoms with van der Waals surface area (Å²) in [6.07, 6.45) is 6.78. The topological polar surface area (TPSA) is 49.3 Å². The second kappa shape index (κ2) is 3.05. The maximum absolute atomic E-state index is 10.7. The Hall–Kier alpha value is -0.570. The molecule has 0 aromatic carbocycles. The van der Waals surface area contributed by atoms with E-state index >= 15 is 0 Å². The highest BCUT2D eigenvalue weighted by Crippen LogP contribution is 2.32. The van der Waals surface area contributed by atoms with Gasteiger partial charge in [-0.3, -0.25) is 4.79 Å². The van der Waals surface area contributed by atoms with Gasteiger partial charge in [-0.25, -0.2) is 0 Å². The largest absolute Gasteiger partial charge is 0.480 e. The molecule has 67 valence electrons.